The fourth-order valence-electron chi connectivity index (χ4n) is 2.68. The van der Waals surface area contributed by atoms with E-state index in [2.05, 4.69) is 39.1 Å². The molecule has 0 atom stereocenters. The zero-order valence-electron chi connectivity index (χ0n) is 12.6. The summed E-state index contributed by atoms with van der Waals surface area (Å²) in [6, 6.07) is 3.89. The number of nitrogens with zero attached hydrogens (tertiary/aromatic N) is 5. The van der Waals surface area contributed by atoms with Gasteiger partial charge in [-0.3, -0.25) is 4.90 Å². The van der Waals surface area contributed by atoms with Crippen LogP contribution in [0.2, 0.25) is 0 Å². The average molecular weight is 290 g/mol. The van der Waals surface area contributed by atoms with Crippen molar-refractivity contribution in [2.24, 2.45) is 0 Å². The van der Waals surface area contributed by atoms with Gasteiger partial charge in [0.25, 0.3) is 0 Å². The van der Waals surface area contributed by atoms with Gasteiger partial charge in [0.2, 0.25) is 0 Å². The lowest BCUT2D eigenvalue weighted by Gasteiger charge is -2.36. The molecule has 0 amide bonds. The Morgan fingerprint density at radius 3 is 2.57 bits per heavy atom. The summed E-state index contributed by atoms with van der Waals surface area (Å²) in [6.07, 6.45) is 0. The van der Waals surface area contributed by atoms with Crippen molar-refractivity contribution < 1.29 is 4.63 Å². The minimum absolute atomic E-state index is 0.611. The van der Waals surface area contributed by atoms with Gasteiger partial charge in [0.05, 0.1) is 11.4 Å². The molecule has 7 nitrogen and oxygen atoms in total. The highest BCUT2D eigenvalue weighted by atomic mass is 16.6. The lowest BCUT2D eigenvalue weighted by Crippen LogP contribution is -2.48. The lowest BCUT2D eigenvalue weighted by atomic mass is 10.2. The number of rotatable bonds is 4. The van der Waals surface area contributed by atoms with Crippen molar-refractivity contribution in [2.45, 2.75) is 0 Å². The van der Waals surface area contributed by atoms with E-state index in [9.17, 15) is 0 Å². The van der Waals surface area contributed by atoms with E-state index in [4.69, 9.17) is 10.4 Å². The number of piperazine rings is 1. The van der Waals surface area contributed by atoms with E-state index < -0.39 is 0 Å². The summed E-state index contributed by atoms with van der Waals surface area (Å²) in [4.78, 5) is 7.04. The van der Waals surface area contributed by atoms with Gasteiger partial charge in [-0.2, -0.15) is 0 Å². The largest absolute Gasteiger partial charge is 0.397 e. The molecule has 1 aliphatic heterocycles. The molecule has 0 aliphatic carbocycles. The van der Waals surface area contributed by atoms with E-state index in [0.29, 0.717) is 11.2 Å². The van der Waals surface area contributed by atoms with Gasteiger partial charge in [0.15, 0.2) is 11.0 Å². The second-order valence-electron chi connectivity index (χ2n) is 5.77. The molecule has 2 N–H and O–H groups in total. The van der Waals surface area contributed by atoms with E-state index in [1.165, 1.54) is 0 Å². The third-order valence-electron chi connectivity index (χ3n) is 4.00. The normalized spacial score (nSPS) is 17.0. The second kappa shape index (κ2) is 5.87. The molecule has 2 aromatic rings. The summed E-state index contributed by atoms with van der Waals surface area (Å²) in [5, 5.41) is 7.89. The molecule has 1 fully saturated rings. The van der Waals surface area contributed by atoms with Crippen molar-refractivity contribution in [3.8, 4) is 0 Å². The highest BCUT2D eigenvalue weighted by Crippen LogP contribution is 2.28. The molecule has 3 rings (SSSR count). The van der Waals surface area contributed by atoms with E-state index in [-0.39, 0.29) is 0 Å². The van der Waals surface area contributed by atoms with Gasteiger partial charge < -0.3 is 15.5 Å². The molecule has 0 radical (unpaired) electrons. The predicted molar refractivity (Wildman–Crippen MR) is 83.4 cm³/mol. The number of hydrogen-bond acceptors (Lipinski definition) is 7. The quantitative estimate of drug-likeness (QED) is 0.821. The molecule has 114 valence electrons. The fourth-order valence-corrected chi connectivity index (χ4v) is 2.68. The van der Waals surface area contributed by atoms with Crippen LogP contribution in [0.1, 0.15) is 0 Å². The van der Waals surface area contributed by atoms with E-state index in [1.807, 2.05) is 12.1 Å². The van der Waals surface area contributed by atoms with Gasteiger partial charge in [0, 0.05) is 39.3 Å². The van der Waals surface area contributed by atoms with Gasteiger partial charge in [-0.25, -0.2) is 4.63 Å². The Hall–Kier alpha value is -1.86. The van der Waals surface area contributed by atoms with Gasteiger partial charge in [-0.05, 0) is 36.5 Å². The Morgan fingerprint density at radius 2 is 1.86 bits per heavy atom. The molecule has 1 aliphatic rings. The van der Waals surface area contributed by atoms with Crippen molar-refractivity contribution >= 4 is 22.4 Å². The molecule has 21 heavy (non-hydrogen) atoms. The first-order valence-corrected chi connectivity index (χ1v) is 7.28. The maximum absolute atomic E-state index is 5.90. The number of nitrogens with two attached hydrogens (primary N) is 1. The van der Waals surface area contributed by atoms with Crippen LogP contribution in [-0.4, -0.2) is 73.5 Å². The Balaban J connectivity index is 1.69. The molecule has 0 bridgehead atoms. The molecule has 7 heteroatoms. The van der Waals surface area contributed by atoms with Crippen LogP contribution in [0.5, 0.6) is 0 Å². The average Bonchev–Trinajstić information content (AvgIpc) is 2.97. The van der Waals surface area contributed by atoms with Gasteiger partial charge in [0.1, 0.15) is 0 Å². The Kier molecular flexibility index (Phi) is 3.94. The van der Waals surface area contributed by atoms with Crippen LogP contribution in [0.3, 0.4) is 0 Å². The number of likely N-dealkylation sites (N-methyl/N-ethyl adjacent to an activating group) is 1. The summed E-state index contributed by atoms with van der Waals surface area (Å²) in [5.74, 6) is 0. The molecular formula is C14H22N6O. The minimum Gasteiger partial charge on any atom is -0.397 e. The van der Waals surface area contributed by atoms with Crippen LogP contribution in [-0.2, 0) is 0 Å². The third-order valence-corrected chi connectivity index (χ3v) is 4.00. The summed E-state index contributed by atoms with van der Waals surface area (Å²) in [5.41, 5.74) is 8.98. The Bertz CT molecular complexity index is 603. The van der Waals surface area contributed by atoms with Crippen LogP contribution >= 0.6 is 0 Å². The van der Waals surface area contributed by atoms with Crippen molar-refractivity contribution in [3.63, 3.8) is 0 Å². The van der Waals surface area contributed by atoms with Gasteiger partial charge in [-0.1, -0.05) is 0 Å². The second-order valence-corrected chi connectivity index (χ2v) is 5.77. The molecule has 1 aromatic carbocycles. The van der Waals surface area contributed by atoms with Crippen LogP contribution in [0, 0.1) is 0 Å². The van der Waals surface area contributed by atoms with Crippen molar-refractivity contribution in [2.75, 3.05) is 64.0 Å². The maximum Gasteiger partial charge on any atom is 0.160 e. The third kappa shape index (κ3) is 2.93. The lowest BCUT2D eigenvalue weighted by molar-refractivity contribution is 0.229. The maximum atomic E-state index is 5.90. The number of anilines is 2. The summed E-state index contributed by atoms with van der Waals surface area (Å²) < 4.78 is 4.84. The Labute approximate surface area is 124 Å². The number of hydrogen-bond donors (Lipinski definition) is 1. The minimum atomic E-state index is 0.611. The fraction of sp³-hybridized carbons (Fsp3) is 0.571. The zero-order valence-corrected chi connectivity index (χ0v) is 12.6. The standard InChI is InChI=1S/C14H22N6O/c1-18(2)5-6-19-7-9-20(10-8-19)12-4-3-11(15)13-14(12)17-21-16-13/h3-4H,5-10,15H2,1-2H3. The Morgan fingerprint density at radius 1 is 1.14 bits per heavy atom. The van der Waals surface area contributed by atoms with Gasteiger partial charge >= 0.3 is 0 Å². The van der Waals surface area contributed by atoms with Crippen LogP contribution in [0.15, 0.2) is 16.8 Å². The number of benzene rings is 1. The molecule has 2 heterocycles. The molecule has 0 saturated carbocycles. The van der Waals surface area contributed by atoms with Crippen LogP contribution in [0.4, 0.5) is 11.4 Å². The molecular weight excluding hydrogens is 268 g/mol. The van der Waals surface area contributed by atoms with E-state index in [0.717, 1.165) is 50.5 Å². The van der Waals surface area contributed by atoms with E-state index in [1.54, 1.807) is 0 Å². The van der Waals surface area contributed by atoms with Crippen molar-refractivity contribution in [1.82, 2.24) is 20.1 Å². The van der Waals surface area contributed by atoms with Crippen molar-refractivity contribution in [1.29, 1.82) is 0 Å². The number of fused-ring (bicyclic) bond motifs is 1. The summed E-state index contributed by atoms with van der Waals surface area (Å²) in [6.45, 7) is 6.30. The summed E-state index contributed by atoms with van der Waals surface area (Å²) >= 11 is 0. The number of nitrogen functional groups attached to an aromatic ring is 1. The SMILES string of the molecule is CN(C)CCN1CCN(c2ccc(N)c3nonc23)CC1. The monoisotopic (exact) mass is 290 g/mol. The topological polar surface area (TPSA) is 74.7 Å². The molecule has 1 aromatic heterocycles. The first-order chi connectivity index (χ1) is 10.1. The molecule has 0 unspecified atom stereocenters. The molecule has 0 spiro atoms. The zero-order chi connectivity index (χ0) is 14.8. The van der Waals surface area contributed by atoms with Crippen LogP contribution < -0.4 is 10.6 Å². The smallest absolute Gasteiger partial charge is 0.160 e. The first-order valence-electron chi connectivity index (χ1n) is 7.28. The van der Waals surface area contributed by atoms with Crippen molar-refractivity contribution in [3.05, 3.63) is 12.1 Å². The highest BCUT2D eigenvalue weighted by Gasteiger charge is 2.20. The number of aromatic nitrogens is 2. The van der Waals surface area contributed by atoms with E-state index >= 15 is 0 Å². The van der Waals surface area contributed by atoms with Crippen LogP contribution in [0.25, 0.3) is 11.0 Å². The highest BCUT2D eigenvalue weighted by molar-refractivity contribution is 5.95. The first kappa shape index (κ1) is 14.1. The predicted octanol–water partition coefficient (Wildman–Crippen LogP) is 0.489. The van der Waals surface area contributed by atoms with Gasteiger partial charge in [-0.15, -0.1) is 0 Å². The summed E-state index contributed by atoms with van der Waals surface area (Å²) in [7, 11) is 4.22. The molecule has 1 saturated heterocycles.